The summed E-state index contributed by atoms with van der Waals surface area (Å²) in [5, 5.41) is 0. The molecule has 0 unspecified atom stereocenters. The number of esters is 5. The maximum atomic E-state index is 11.8. The van der Waals surface area contributed by atoms with Crippen LogP contribution in [0.1, 0.15) is 40.2 Å². The second-order valence-electron chi connectivity index (χ2n) is 7.97. The molecule has 1 saturated heterocycles. The molecule has 0 N–H and O–H groups in total. The first-order chi connectivity index (χ1) is 17.5. The second kappa shape index (κ2) is 14.1. The van der Waals surface area contributed by atoms with Gasteiger partial charge in [-0.25, -0.2) is 0 Å². The van der Waals surface area contributed by atoms with Crippen LogP contribution in [0.15, 0.2) is 30.3 Å². The van der Waals surface area contributed by atoms with Gasteiger partial charge >= 0.3 is 29.8 Å². The minimum atomic E-state index is -1.30. The van der Waals surface area contributed by atoms with Crippen molar-refractivity contribution in [2.75, 3.05) is 13.2 Å². The Hall–Kier alpha value is -3.77. The van der Waals surface area contributed by atoms with Gasteiger partial charge in [0.2, 0.25) is 0 Å². The molecule has 202 valence electrons. The Kier molecular flexibility index (Phi) is 11.2. The molecule has 1 fully saturated rings. The van der Waals surface area contributed by atoms with Crippen LogP contribution in [-0.4, -0.2) is 73.8 Å². The number of hydrogen-bond acceptors (Lipinski definition) is 12. The molecule has 2 rings (SSSR count). The van der Waals surface area contributed by atoms with Gasteiger partial charge in [0.25, 0.3) is 0 Å². The van der Waals surface area contributed by atoms with Crippen LogP contribution in [0.2, 0.25) is 0 Å². The number of benzene rings is 1. The standard InChI is InChI=1S/C25H30O12/c1-14(26)32-13-21-22(34-16(3)28)23(35-17(4)29)24(36-18(5)30)25(37-21)31-12-6-7-19-8-10-20(11-9-19)33-15(2)27/h6-11,21-25H,12-13H2,1-5H3/b7-6-/t21-,22+,23+,24-,25+/m1/s1. The van der Waals surface area contributed by atoms with Gasteiger partial charge in [-0.05, 0) is 17.7 Å². The molecule has 1 aliphatic rings. The lowest BCUT2D eigenvalue weighted by molar-refractivity contribution is -0.305. The fourth-order valence-electron chi connectivity index (χ4n) is 3.47. The van der Waals surface area contributed by atoms with E-state index in [1.165, 1.54) is 13.8 Å². The van der Waals surface area contributed by atoms with Gasteiger partial charge < -0.3 is 33.2 Å². The van der Waals surface area contributed by atoms with Crippen LogP contribution in [0.5, 0.6) is 5.75 Å². The normalized spacial score (nSPS) is 23.1. The Morgan fingerprint density at radius 1 is 0.757 bits per heavy atom. The van der Waals surface area contributed by atoms with E-state index in [2.05, 4.69) is 0 Å². The smallest absolute Gasteiger partial charge is 0.308 e. The molecule has 0 aliphatic carbocycles. The van der Waals surface area contributed by atoms with E-state index in [9.17, 15) is 24.0 Å². The Labute approximate surface area is 213 Å². The lowest BCUT2D eigenvalue weighted by Gasteiger charge is -2.43. The molecule has 12 nitrogen and oxygen atoms in total. The highest BCUT2D eigenvalue weighted by molar-refractivity contribution is 5.70. The molecule has 0 amide bonds. The number of hydrogen-bond donors (Lipinski definition) is 0. The Morgan fingerprint density at radius 3 is 1.86 bits per heavy atom. The monoisotopic (exact) mass is 522 g/mol. The van der Waals surface area contributed by atoms with E-state index >= 15 is 0 Å². The summed E-state index contributed by atoms with van der Waals surface area (Å²) in [6.07, 6.45) is -2.84. The van der Waals surface area contributed by atoms with Crippen LogP contribution in [0.25, 0.3) is 6.08 Å². The average Bonchev–Trinajstić information content (AvgIpc) is 2.78. The Balaban J connectivity index is 2.22. The Morgan fingerprint density at radius 2 is 1.32 bits per heavy atom. The van der Waals surface area contributed by atoms with Crippen molar-refractivity contribution in [2.24, 2.45) is 0 Å². The topological polar surface area (TPSA) is 150 Å². The van der Waals surface area contributed by atoms with E-state index in [1.807, 2.05) is 0 Å². The zero-order valence-electron chi connectivity index (χ0n) is 21.2. The molecule has 1 aromatic rings. The molecule has 12 heteroatoms. The maximum absolute atomic E-state index is 11.8. The first kappa shape index (κ1) is 29.5. The van der Waals surface area contributed by atoms with Crippen LogP contribution >= 0.6 is 0 Å². The molecular formula is C25H30O12. The van der Waals surface area contributed by atoms with Crippen LogP contribution < -0.4 is 4.74 Å². The quantitative estimate of drug-likeness (QED) is 0.250. The number of ether oxygens (including phenoxy) is 7. The highest BCUT2D eigenvalue weighted by atomic mass is 16.7. The highest BCUT2D eigenvalue weighted by Crippen LogP contribution is 2.30. The van der Waals surface area contributed by atoms with Gasteiger partial charge in [-0.15, -0.1) is 0 Å². The fourth-order valence-corrected chi connectivity index (χ4v) is 3.47. The predicted molar refractivity (Wildman–Crippen MR) is 125 cm³/mol. The maximum Gasteiger partial charge on any atom is 0.308 e. The molecular weight excluding hydrogens is 492 g/mol. The third kappa shape index (κ3) is 10.0. The summed E-state index contributed by atoms with van der Waals surface area (Å²) in [5.74, 6) is -2.82. The van der Waals surface area contributed by atoms with Crippen molar-refractivity contribution in [3.63, 3.8) is 0 Å². The minimum Gasteiger partial charge on any atom is -0.463 e. The number of rotatable bonds is 10. The van der Waals surface area contributed by atoms with Crippen molar-refractivity contribution in [2.45, 2.75) is 65.3 Å². The lowest BCUT2D eigenvalue weighted by Crippen LogP contribution is -2.62. The molecule has 0 aromatic heterocycles. The van der Waals surface area contributed by atoms with Gasteiger partial charge in [-0.2, -0.15) is 0 Å². The van der Waals surface area contributed by atoms with E-state index in [-0.39, 0.29) is 13.2 Å². The minimum absolute atomic E-state index is 0.0283. The number of carbonyl (C=O) groups is 5. The number of carbonyl (C=O) groups excluding carboxylic acids is 5. The molecule has 0 saturated carbocycles. The van der Waals surface area contributed by atoms with Crippen molar-refractivity contribution in [1.29, 1.82) is 0 Å². The summed E-state index contributed by atoms with van der Waals surface area (Å²) >= 11 is 0. The Bertz CT molecular complexity index is 999. The van der Waals surface area contributed by atoms with Crippen molar-refractivity contribution < 1.29 is 57.1 Å². The van der Waals surface area contributed by atoms with Crippen molar-refractivity contribution in [3.05, 3.63) is 35.9 Å². The van der Waals surface area contributed by atoms with E-state index < -0.39 is 60.6 Å². The van der Waals surface area contributed by atoms with E-state index in [4.69, 9.17) is 33.2 Å². The summed E-state index contributed by atoms with van der Waals surface area (Å²) in [5.41, 5.74) is 0.779. The van der Waals surface area contributed by atoms with Crippen LogP contribution in [0, 0.1) is 0 Å². The van der Waals surface area contributed by atoms with E-state index in [0.29, 0.717) is 5.75 Å². The first-order valence-corrected chi connectivity index (χ1v) is 11.3. The third-order valence-electron chi connectivity index (χ3n) is 4.76. The van der Waals surface area contributed by atoms with Crippen LogP contribution in [0.4, 0.5) is 0 Å². The second-order valence-corrected chi connectivity index (χ2v) is 7.97. The average molecular weight is 523 g/mol. The first-order valence-electron chi connectivity index (χ1n) is 11.3. The van der Waals surface area contributed by atoms with Gasteiger partial charge in [0, 0.05) is 34.6 Å². The molecule has 5 atom stereocenters. The highest BCUT2D eigenvalue weighted by Gasteiger charge is 2.52. The zero-order chi connectivity index (χ0) is 27.5. The third-order valence-corrected chi connectivity index (χ3v) is 4.76. The van der Waals surface area contributed by atoms with E-state index in [0.717, 1.165) is 26.3 Å². The van der Waals surface area contributed by atoms with E-state index in [1.54, 1.807) is 36.4 Å². The van der Waals surface area contributed by atoms with Gasteiger partial charge in [-0.1, -0.05) is 24.3 Å². The lowest BCUT2D eigenvalue weighted by atomic mass is 9.98. The molecule has 0 spiro atoms. The van der Waals surface area contributed by atoms with Gasteiger partial charge in [0.15, 0.2) is 24.6 Å². The molecule has 1 heterocycles. The van der Waals surface area contributed by atoms with Gasteiger partial charge in [0.05, 0.1) is 6.61 Å². The fraction of sp³-hybridized carbons (Fsp3) is 0.480. The zero-order valence-corrected chi connectivity index (χ0v) is 21.2. The van der Waals surface area contributed by atoms with Crippen molar-refractivity contribution in [1.82, 2.24) is 0 Å². The SMILES string of the molecule is CC(=O)OC[C@H]1O[C@H](OC/C=C\c2ccc(OC(C)=O)cc2)[C@H](OC(C)=O)[C@@H](OC(C)=O)[C@H]1OC(C)=O. The summed E-state index contributed by atoms with van der Waals surface area (Å²) in [7, 11) is 0. The largest absolute Gasteiger partial charge is 0.463 e. The van der Waals surface area contributed by atoms with Crippen LogP contribution in [-0.2, 0) is 52.4 Å². The predicted octanol–water partition coefficient (Wildman–Crippen LogP) is 1.72. The summed E-state index contributed by atoms with van der Waals surface area (Å²) < 4.78 is 37.6. The molecule has 1 aliphatic heterocycles. The van der Waals surface area contributed by atoms with Gasteiger partial charge in [-0.3, -0.25) is 24.0 Å². The van der Waals surface area contributed by atoms with Crippen molar-refractivity contribution >= 4 is 35.9 Å². The molecule has 0 radical (unpaired) electrons. The summed E-state index contributed by atoms with van der Waals surface area (Å²) in [6.45, 7) is 5.54. The molecule has 1 aromatic carbocycles. The van der Waals surface area contributed by atoms with Gasteiger partial charge in [0.1, 0.15) is 18.5 Å². The summed E-state index contributed by atoms with van der Waals surface area (Å²) in [6, 6.07) is 6.70. The summed E-state index contributed by atoms with van der Waals surface area (Å²) in [4.78, 5) is 57.8. The van der Waals surface area contributed by atoms with Crippen LogP contribution in [0.3, 0.4) is 0 Å². The molecule has 37 heavy (non-hydrogen) atoms. The van der Waals surface area contributed by atoms with Crippen molar-refractivity contribution in [3.8, 4) is 5.75 Å². The molecule has 0 bridgehead atoms.